The Bertz CT molecular complexity index is 1100. The third-order valence-corrected chi connectivity index (χ3v) is 6.27. The van der Waals surface area contributed by atoms with Gasteiger partial charge in [-0.3, -0.25) is 9.36 Å². The molecule has 2 atom stereocenters. The van der Waals surface area contributed by atoms with Gasteiger partial charge in [-0.25, -0.2) is 9.78 Å². The Balaban J connectivity index is 2.14. The number of thiophene rings is 1. The fraction of sp³-hybridized carbons (Fsp3) is 0.409. The number of esters is 1. The molecular formula is C22H26N2O3S. The number of carbonyl (C=O) groups is 1. The number of rotatable bonds is 5. The quantitative estimate of drug-likeness (QED) is 0.570. The van der Waals surface area contributed by atoms with Crippen LogP contribution in [0.1, 0.15) is 49.2 Å². The topological polar surface area (TPSA) is 61.2 Å². The molecule has 3 rings (SSSR count). The highest BCUT2D eigenvalue weighted by molar-refractivity contribution is 7.19. The lowest BCUT2D eigenvalue weighted by Gasteiger charge is -2.17. The Morgan fingerprint density at radius 2 is 1.93 bits per heavy atom. The number of fused-ring (bicyclic) bond motifs is 1. The van der Waals surface area contributed by atoms with Gasteiger partial charge in [-0.2, -0.15) is 0 Å². The van der Waals surface area contributed by atoms with Gasteiger partial charge in [-0.1, -0.05) is 25.1 Å². The van der Waals surface area contributed by atoms with E-state index in [1.165, 1.54) is 33.4 Å². The number of nitrogens with zero attached hydrogens (tertiary/aromatic N) is 2. The van der Waals surface area contributed by atoms with E-state index in [2.05, 4.69) is 31.0 Å². The largest absolute Gasteiger partial charge is 0.461 e. The first kappa shape index (κ1) is 20.3. The van der Waals surface area contributed by atoms with Crippen LogP contribution < -0.4 is 5.56 Å². The summed E-state index contributed by atoms with van der Waals surface area (Å²) in [6, 6.07) is 5.47. The first-order valence-electron chi connectivity index (χ1n) is 9.52. The molecule has 3 aromatic rings. The summed E-state index contributed by atoms with van der Waals surface area (Å²) < 4.78 is 6.79. The molecule has 0 unspecified atom stereocenters. The summed E-state index contributed by atoms with van der Waals surface area (Å²) >= 11 is 1.50. The van der Waals surface area contributed by atoms with E-state index < -0.39 is 12.0 Å². The van der Waals surface area contributed by atoms with Crippen LogP contribution in [0.15, 0.2) is 29.3 Å². The summed E-state index contributed by atoms with van der Waals surface area (Å²) in [7, 11) is 0. The number of hydrogen-bond donors (Lipinski definition) is 0. The molecule has 0 amide bonds. The van der Waals surface area contributed by atoms with E-state index in [0.717, 1.165) is 22.4 Å². The summed E-state index contributed by atoms with van der Waals surface area (Å²) in [4.78, 5) is 31.9. The molecule has 0 aliphatic carbocycles. The lowest BCUT2D eigenvalue weighted by molar-refractivity contribution is -0.152. The smallest absolute Gasteiger partial charge is 0.329 e. The van der Waals surface area contributed by atoms with E-state index in [1.807, 2.05) is 26.8 Å². The molecule has 0 radical (unpaired) electrons. The zero-order chi connectivity index (χ0) is 20.6. The molecule has 2 aromatic heterocycles. The molecule has 2 heterocycles. The molecule has 0 aliphatic heterocycles. The van der Waals surface area contributed by atoms with Gasteiger partial charge < -0.3 is 4.74 Å². The average Bonchev–Trinajstić information content (AvgIpc) is 3.00. The van der Waals surface area contributed by atoms with Gasteiger partial charge in [0.25, 0.3) is 5.56 Å². The molecule has 5 nitrogen and oxygen atoms in total. The SMILES string of the molecule is CC[C@H](C)OC(=O)[C@@H](C)n1cnc2sc(C)c(-c3ccc(C)c(C)c3)c2c1=O. The highest BCUT2D eigenvalue weighted by Crippen LogP contribution is 2.36. The van der Waals surface area contributed by atoms with Crippen molar-refractivity contribution in [1.82, 2.24) is 9.55 Å². The molecule has 0 aliphatic rings. The van der Waals surface area contributed by atoms with E-state index in [-0.39, 0.29) is 11.7 Å². The third-order valence-electron chi connectivity index (χ3n) is 5.26. The van der Waals surface area contributed by atoms with Crippen LogP contribution in [0, 0.1) is 20.8 Å². The molecule has 0 N–H and O–H groups in total. The highest BCUT2D eigenvalue weighted by atomic mass is 32.1. The first-order chi connectivity index (χ1) is 13.2. The van der Waals surface area contributed by atoms with E-state index >= 15 is 0 Å². The normalized spacial score (nSPS) is 13.5. The molecule has 148 valence electrons. The molecule has 1 aromatic carbocycles. The lowest BCUT2D eigenvalue weighted by Crippen LogP contribution is -2.31. The highest BCUT2D eigenvalue weighted by Gasteiger charge is 2.23. The third kappa shape index (κ3) is 3.61. The van der Waals surface area contributed by atoms with Crippen molar-refractivity contribution >= 4 is 27.5 Å². The minimum Gasteiger partial charge on any atom is -0.461 e. The molecule has 0 spiro atoms. The Morgan fingerprint density at radius 1 is 1.21 bits per heavy atom. The maximum atomic E-state index is 13.3. The van der Waals surface area contributed by atoms with Gasteiger partial charge >= 0.3 is 5.97 Å². The number of aryl methyl sites for hydroxylation is 3. The Labute approximate surface area is 169 Å². The van der Waals surface area contributed by atoms with Crippen molar-refractivity contribution in [3.8, 4) is 11.1 Å². The number of ether oxygens (including phenoxy) is 1. The Hall–Kier alpha value is -2.47. The maximum Gasteiger partial charge on any atom is 0.329 e. The second kappa shape index (κ2) is 7.87. The summed E-state index contributed by atoms with van der Waals surface area (Å²) in [5.41, 5.74) is 4.07. The monoisotopic (exact) mass is 398 g/mol. The number of hydrogen-bond acceptors (Lipinski definition) is 5. The molecule has 0 bridgehead atoms. The van der Waals surface area contributed by atoms with Gasteiger partial charge in [0.2, 0.25) is 0 Å². The average molecular weight is 399 g/mol. The molecule has 6 heteroatoms. The summed E-state index contributed by atoms with van der Waals surface area (Å²) in [5.74, 6) is -0.419. The van der Waals surface area contributed by atoms with Crippen molar-refractivity contribution < 1.29 is 9.53 Å². The van der Waals surface area contributed by atoms with Crippen LogP contribution in [0.2, 0.25) is 0 Å². The van der Waals surface area contributed by atoms with Gasteiger partial charge in [0.05, 0.1) is 17.8 Å². The zero-order valence-corrected chi connectivity index (χ0v) is 18.0. The minimum absolute atomic E-state index is 0.183. The van der Waals surface area contributed by atoms with Gasteiger partial charge in [-0.05, 0) is 57.7 Å². The van der Waals surface area contributed by atoms with Crippen LogP contribution in [-0.2, 0) is 9.53 Å². The molecular weight excluding hydrogens is 372 g/mol. The van der Waals surface area contributed by atoms with E-state index in [9.17, 15) is 9.59 Å². The lowest BCUT2D eigenvalue weighted by atomic mass is 9.99. The predicted octanol–water partition coefficient (Wildman–Crippen LogP) is 4.95. The molecule has 0 fully saturated rings. The summed E-state index contributed by atoms with van der Waals surface area (Å²) in [5, 5.41) is 0.566. The minimum atomic E-state index is -0.730. The van der Waals surface area contributed by atoms with Crippen LogP contribution in [0.4, 0.5) is 0 Å². The number of benzene rings is 1. The first-order valence-corrected chi connectivity index (χ1v) is 10.3. The van der Waals surface area contributed by atoms with Crippen molar-refractivity contribution in [3.63, 3.8) is 0 Å². The van der Waals surface area contributed by atoms with Crippen LogP contribution in [0.5, 0.6) is 0 Å². The Kier molecular flexibility index (Phi) is 5.70. The van der Waals surface area contributed by atoms with E-state index in [0.29, 0.717) is 10.2 Å². The molecule has 0 saturated heterocycles. The standard InChI is InChI=1S/C22H26N2O3S/c1-7-14(4)27-22(26)15(5)24-11-23-20-19(21(24)25)18(16(6)28-20)17-9-8-12(2)13(3)10-17/h8-11,14-15H,7H2,1-6H3/t14-,15+/m0/s1. The number of aromatic nitrogens is 2. The molecule has 0 saturated carbocycles. The second-order valence-corrected chi connectivity index (χ2v) is 8.50. The van der Waals surface area contributed by atoms with Crippen molar-refractivity contribution in [2.75, 3.05) is 0 Å². The van der Waals surface area contributed by atoms with Gasteiger partial charge in [0.1, 0.15) is 10.9 Å². The fourth-order valence-corrected chi connectivity index (χ4v) is 4.13. The van der Waals surface area contributed by atoms with Gasteiger partial charge in [0, 0.05) is 10.4 Å². The van der Waals surface area contributed by atoms with Crippen molar-refractivity contribution in [2.24, 2.45) is 0 Å². The van der Waals surface area contributed by atoms with Gasteiger partial charge in [0.15, 0.2) is 0 Å². The summed E-state index contributed by atoms with van der Waals surface area (Å²) in [6.45, 7) is 11.6. The van der Waals surface area contributed by atoms with Crippen molar-refractivity contribution in [1.29, 1.82) is 0 Å². The number of carbonyl (C=O) groups excluding carboxylic acids is 1. The van der Waals surface area contributed by atoms with E-state index in [1.54, 1.807) is 6.92 Å². The fourth-order valence-electron chi connectivity index (χ4n) is 3.13. The summed E-state index contributed by atoms with van der Waals surface area (Å²) in [6.07, 6.45) is 2.00. The van der Waals surface area contributed by atoms with Crippen LogP contribution in [0.25, 0.3) is 21.3 Å². The molecule has 28 heavy (non-hydrogen) atoms. The van der Waals surface area contributed by atoms with Crippen LogP contribution >= 0.6 is 11.3 Å². The van der Waals surface area contributed by atoms with E-state index in [4.69, 9.17) is 4.74 Å². The van der Waals surface area contributed by atoms with Crippen molar-refractivity contribution in [3.05, 3.63) is 50.9 Å². The van der Waals surface area contributed by atoms with Crippen LogP contribution in [-0.4, -0.2) is 21.6 Å². The zero-order valence-electron chi connectivity index (χ0n) is 17.2. The predicted molar refractivity (Wildman–Crippen MR) is 114 cm³/mol. The maximum absolute atomic E-state index is 13.3. The second-order valence-electron chi connectivity index (χ2n) is 7.30. The Morgan fingerprint density at radius 3 is 2.57 bits per heavy atom. The van der Waals surface area contributed by atoms with Crippen molar-refractivity contribution in [2.45, 2.75) is 60.1 Å². The van der Waals surface area contributed by atoms with Crippen LogP contribution in [0.3, 0.4) is 0 Å². The van der Waals surface area contributed by atoms with Gasteiger partial charge in [-0.15, -0.1) is 11.3 Å².